The Kier molecular flexibility index (Phi) is 6.18. The Labute approximate surface area is 137 Å². The molecule has 4 N–H and O–H groups in total. The standard InChI is InChI=1S/C14H20F3N5O2/c15-14(16,17)10-7-11(22-13(21-10)20-8-12(23)24)19-6-3-9-1-4-18-5-2-9/h7,9,18H,1-6,8H2,(H,23,24)(H2,19,20,21,22). The molecule has 1 aromatic rings. The van der Waals surface area contributed by atoms with E-state index in [4.69, 9.17) is 5.11 Å². The fourth-order valence-electron chi connectivity index (χ4n) is 2.49. The van der Waals surface area contributed by atoms with Crippen molar-refractivity contribution in [3.8, 4) is 0 Å². The molecular weight excluding hydrogens is 327 g/mol. The molecule has 2 rings (SSSR count). The number of aromatic nitrogens is 2. The van der Waals surface area contributed by atoms with Gasteiger partial charge in [0.25, 0.3) is 0 Å². The summed E-state index contributed by atoms with van der Waals surface area (Å²) < 4.78 is 38.7. The lowest BCUT2D eigenvalue weighted by Crippen LogP contribution is -2.28. The third kappa shape index (κ3) is 5.84. The van der Waals surface area contributed by atoms with E-state index in [1.54, 1.807) is 0 Å². The normalized spacial score (nSPS) is 16.0. The molecule has 0 atom stereocenters. The molecule has 0 aromatic carbocycles. The number of anilines is 2. The Morgan fingerprint density at radius 2 is 2.00 bits per heavy atom. The number of nitrogens with zero attached hydrogens (tertiary/aromatic N) is 2. The van der Waals surface area contributed by atoms with Gasteiger partial charge in [-0.15, -0.1) is 0 Å². The summed E-state index contributed by atoms with van der Waals surface area (Å²) in [4.78, 5) is 17.7. The van der Waals surface area contributed by atoms with Crippen molar-refractivity contribution in [2.24, 2.45) is 5.92 Å². The molecule has 2 heterocycles. The van der Waals surface area contributed by atoms with Crippen LogP contribution in [0.15, 0.2) is 6.07 Å². The largest absolute Gasteiger partial charge is 0.480 e. The van der Waals surface area contributed by atoms with Crippen molar-refractivity contribution in [3.63, 3.8) is 0 Å². The average molecular weight is 347 g/mol. The van der Waals surface area contributed by atoms with E-state index in [0.29, 0.717) is 12.5 Å². The second-order valence-corrected chi connectivity index (χ2v) is 5.62. The van der Waals surface area contributed by atoms with E-state index in [0.717, 1.165) is 38.4 Å². The van der Waals surface area contributed by atoms with Crippen LogP contribution in [0.4, 0.5) is 24.9 Å². The van der Waals surface area contributed by atoms with Crippen LogP contribution in [0.2, 0.25) is 0 Å². The van der Waals surface area contributed by atoms with Gasteiger partial charge in [-0.2, -0.15) is 18.2 Å². The number of piperidine rings is 1. The van der Waals surface area contributed by atoms with Gasteiger partial charge in [-0.05, 0) is 38.3 Å². The van der Waals surface area contributed by atoms with E-state index in [1.807, 2.05) is 0 Å². The van der Waals surface area contributed by atoms with Crippen molar-refractivity contribution in [1.29, 1.82) is 0 Å². The lowest BCUT2D eigenvalue weighted by atomic mass is 9.95. The summed E-state index contributed by atoms with van der Waals surface area (Å²) in [6.45, 7) is 1.85. The van der Waals surface area contributed by atoms with Crippen molar-refractivity contribution in [2.75, 3.05) is 36.8 Å². The molecule has 1 saturated heterocycles. The maximum absolute atomic E-state index is 12.9. The van der Waals surface area contributed by atoms with Crippen LogP contribution in [0.1, 0.15) is 25.0 Å². The Morgan fingerprint density at radius 3 is 2.62 bits per heavy atom. The van der Waals surface area contributed by atoms with E-state index in [2.05, 4.69) is 25.9 Å². The van der Waals surface area contributed by atoms with Gasteiger partial charge >= 0.3 is 12.1 Å². The van der Waals surface area contributed by atoms with E-state index >= 15 is 0 Å². The number of rotatable bonds is 7. The Morgan fingerprint density at radius 1 is 1.29 bits per heavy atom. The highest BCUT2D eigenvalue weighted by Gasteiger charge is 2.33. The van der Waals surface area contributed by atoms with Crippen LogP contribution < -0.4 is 16.0 Å². The minimum atomic E-state index is -4.63. The molecule has 1 aliphatic rings. The first-order valence-electron chi connectivity index (χ1n) is 7.71. The molecule has 0 aliphatic carbocycles. The van der Waals surface area contributed by atoms with Crippen LogP contribution in [0.3, 0.4) is 0 Å². The minimum Gasteiger partial charge on any atom is -0.480 e. The number of hydrogen-bond acceptors (Lipinski definition) is 6. The highest BCUT2D eigenvalue weighted by atomic mass is 19.4. The number of alkyl halides is 3. The molecular formula is C14H20F3N5O2. The minimum absolute atomic E-state index is 0.0270. The van der Waals surface area contributed by atoms with Gasteiger partial charge in [0, 0.05) is 12.6 Å². The number of carboxylic acids is 1. The van der Waals surface area contributed by atoms with Crippen molar-refractivity contribution >= 4 is 17.7 Å². The van der Waals surface area contributed by atoms with Gasteiger partial charge < -0.3 is 21.1 Å². The molecule has 0 radical (unpaired) electrons. The van der Waals surface area contributed by atoms with Crippen LogP contribution in [0.5, 0.6) is 0 Å². The maximum Gasteiger partial charge on any atom is 0.433 e. The summed E-state index contributed by atoms with van der Waals surface area (Å²) >= 11 is 0. The monoisotopic (exact) mass is 347 g/mol. The summed E-state index contributed by atoms with van der Waals surface area (Å²) in [5, 5.41) is 17.0. The van der Waals surface area contributed by atoms with Crippen molar-refractivity contribution in [3.05, 3.63) is 11.8 Å². The summed E-state index contributed by atoms with van der Waals surface area (Å²) in [5.41, 5.74) is -1.12. The molecule has 1 aliphatic heterocycles. The first-order valence-corrected chi connectivity index (χ1v) is 7.71. The predicted molar refractivity (Wildman–Crippen MR) is 81.9 cm³/mol. The third-order valence-corrected chi connectivity index (χ3v) is 3.73. The van der Waals surface area contributed by atoms with Crippen LogP contribution >= 0.6 is 0 Å². The molecule has 1 aromatic heterocycles. The zero-order chi connectivity index (χ0) is 17.6. The first kappa shape index (κ1) is 18.2. The lowest BCUT2D eigenvalue weighted by molar-refractivity contribution is -0.141. The van der Waals surface area contributed by atoms with E-state index in [-0.39, 0.29) is 11.8 Å². The number of aliphatic carboxylic acids is 1. The average Bonchev–Trinajstić information content (AvgIpc) is 2.53. The molecule has 10 heteroatoms. The fraction of sp³-hybridized carbons (Fsp3) is 0.643. The Balaban J connectivity index is 2.00. The van der Waals surface area contributed by atoms with Gasteiger partial charge in [0.2, 0.25) is 5.95 Å². The Hall–Kier alpha value is -2.10. The van der Waals surface area contributed by atoms with Gasteiger partial charge in [-0.3, -0.25) is 4.79 Å². The molecule has 0 unspecified atom stereocenters. The molecule has 0 amide bonds. The van der Waals surface area contributed by atoms with E-state index in [9.17, 15) is 18.0 Å². The quantitative estimate of drug-likeness (QED) is 0.597. The second kappa shape index (κ2) is 8.13. The first-order chi connectivity index (χ1) is 11.3. The predicted octanol–water partition coefficient (Wildman–Crippen LogP) is 1.79. The zero-order valence-corrected chi connectivity index (χ0v) is 13.0. The molecule has 134 valence electrons. The van der Waals surface area contributed by atoms with Gasteiger partial charge in [-0.25, -0.2) is 4.98 Å². The SMILES string of the molecule is O=C(O)CNc1nc(NCCC2CCNCC2)cc(C(F)(F)F)n1. The number of halogens is 3. The smallest absolute Gasteiger partial charge is 0.433 e. The van der Waals surface area contributed by atoms with Gasteiger partial charge in [-0.1, -0.05) is 0 Å². The van der Waals surface area contributed by atoms with Crippen molar-refractivity contribution in [2.45, 2.75) is 25.4 Å². The van der Waals surface area contributed by atoms with Crippen LogP contribution in [0, 0.1) is 5.92 Å². The highest BCUT2D eigenvalue weighted by Crippen LogP contribution is 2.29. The second-order valence-electron chi connectivity index (χ2n) is 5.62. The van der Waals surface area contributed by atoms with Gasteiger partial charge in [0.05, 0.1) is 0 Å². The summed E-state index contributed by atoms with van der Waals surface area (Å²) in [6.07, 6.45) is -1.70. The maximum atomic E-state index is 12.9. The highest BCUT2D eigenvalue weighted by molar-refractivity contribution is 5.71. The van der Waals surface area contributed by atoms with Crippen LogP contribution in [-0.2, 0) is 11.0 Å². The van der Waals surface area contributed by atoms with E-state index < -0.39 is 24.4 Å². The number of nitrogens with one attached hydrogen (secondary N) is 3. The Bertz CT molecular complexity index is 562. The van der Waals surface area contributed by atoms with Gasteiger partial charge in [0.15, 0.2) is 5.69 Å². The molecule has 7 nitrogen and oxygen atoms in total. The zero-order valence-electron chi connectivity index (χ0n) is 13.0. The lowest BCUT2D eigenvalue weighted by Gasteiger charge is -2.22. The molecule has 24 heavy (non-hydrogen) atoms. The topological polar surface area (TPSA) is 99.2 Å². The van der Waals surface area contributed by atoms with Crippen molar-refractivity contribution < 1.29 is 23.1 Å². The molecule has 0 spiro atoms. The van der Waals surface area contributed by atoms with Crippen molar-refractivity contribution in [1.82, 2.24) is 15.3 Å². The summed E-state index contributed by atoms with van der Waals surface area (Å²) in [6, 6.07) is 0.828. The molecule has 1 fully saturated rings. The van der Waals surface area contributed by atoms with Crippen LogP contribution in [0.25, 0.3) is 0 Å². The molecule has 0 bridgehead atoms. The van der Waals surface area contributed by atoms with E-state index in [1.165, 1.54) is 0 Å². The third-order valence-electron chi connectivity index (χ3n) is 3.73. The van der Waals surface area contributed by atoms with Crippen LogP contribution in [-0.4, -0.2) is 47.2 Å². The fourth-order valence-corrected chi connectivity index (χ4v) is 2.49. The number of carbonyl (C=O) groups is 1. The van der Waals surface area contributed by atoms with Gasteiger partial charge in [0.1, 0.15) is 12.4 Å². The number of carboxylic acid groups (broad SMARTS) is 1. The summed E-state index contributed by atoms with van der Waals surface area (Å²) in [7, 11) is 0. The molecule has 0 saturated carbocycles. The summed E-state index contributed by atoms with van der Waals surface area (Å²) in [5.74, 6) is -1.01. The number of hydrogen-bond donors (Lipinski definition) is 4.